The number of amides is 1. The second kappa shape index (κ2) is 7.20. The van der Waals surface area contributed by atoms with Gasteiger partial charge in [0.1, 0.15) is 0 Å². The summed E-state index contributed by atoms with van der Waals surface area (Å²) in [7, 11) is -2.47. The Morgan fingerprint density at radius 1 is 1.26 bits per heavy atom. The molecular weight excluding hydrogens is 320 g/mol. The van der Waals surface area contributed by atoms with Crippen molar-refractivity contribution in [1.29, 1.82) is 0 Å². The molecule has 1 amide bonds. The zero-order chi connectivity index (χ0) is 17.0. The Morgan fingerprint density at radius 3 is 2.52 bits per heavy atom. The van der Waals surface area contributed by atoms with Crippen molar-refractivity contribution in [2.45, 2.75) is 11.8 Å². The summed E-state index contributed by atoms with van der Waals surface area (Å²) >= 11 is 0. The molecule has 0 radical (unpaired) electrons. The lowest BCUT2D eigenvalue weighted by molar-refractivity contribution is -0.135. The fraction of sp³-hybridized carbons (Fsp3) is 0.467. The first kappa shape index (κ1) is 17.6. The van der Waals surface area contributed by atoms with Crippen LogP contribution < -0.4 is 0 Å². The summed E-state index contributed by atoms with van der Waals surface area (Å²) in [6.07, 6.45) is 0. The molecule has 0 unspecified atom stereocenters. The molecule has 0 aromatic heterocycles. The molecule has 1 aromatic rings. The van der Waals surface area contributed by atoms with Gasteiger partial charge in [-0.25, -0.2) is 8.42 Å². The standard InChI is InChI=1S/C15H20N2O5S/c1-12(18)13-4-3-5-14(10-13)23(20,21)16(2)11-15(19)17-6-8-22-9-7-17/h3-5,10H,6-9,11H2,1-2H3. The number of ether oxygens (including phenoxy) is 1. The summed E-state index contributed by atoms with van der Waals surface area (Å²) in [6, 6.07) is 5.81. The van der Waals surface area contributed by atoms with Crippen LogP contribution in [0.15, 0.2) is 29.2 Å². The molecule has 0 aliphatic carbocycles. The number of sulfonamides is 1. The Morgan fingerprint density at radius 2 is 1.91 bits per heavy atom. The summed E-state index contributed by atoms with van der Waals surface area (Å²) in [5.41, 5.74) is 0.319. The van der Waals surface area contributed by atoms with Gasteiger partial charge in [-0.15, -0.1) is 0 Å². The van der Waals surface area contributed by atoms with E-state index in [0.717, 1.165) is 4.31 Å². The van der Waals surface area contributed by atoms with E-state index in [0.29, 0.717) is 31.9 Å². The van der Waals surface area contributed by atoms with E-state index in [-0.39, 0.29) is 23.1 Å². The van der Waals surface area contributed by atoms with Crippen molar-refractivity contribution in [1.82, 2.24) is 9.21 Å². The fourth-order valence-electron chi connectivity index (χ4n) is 2.24. The maximum atomic E-state index is 12.5. The fourth-order valence-corrected chi connectivity index (χ4v) is 3.41. The molecule has 1 heterocycles. The predicted molar refractivity (Wildman–Crippen MR) is 83.7 cm³/mol. The molecule has 0 saturated carbocycles. The van der Waals surface area contributed by atoms with E-state index < -0.39 is 10.0 Å². The van der Waals surface area contributed by atoms with Crippen LogP contribution >= 0.6 is 0 Å². The highest BCUT2D eigenvalue weighted by Crippen LogP contribution is 2.16. The van der Waals surface area contributed by atoms with Crippen molar-refractivity contribution < 1.29 is 22.7 Å². The van der Waals surface area contributed by atoms with Gasteiger partial charge < -0.3 is 9.64 Å². The molecule has 2 rings (SSSR count). The zero-order valence-electron chi connectivity index (χ0n) is 13.2. The first-order valence-electron chi connectivity index (χ1n) is 7.25. The topological polar surface area (TPSA) is 84.0 Å². The minimum atomic E-state index is -3.83. The molecule has 1 aliphatic rings. The second-order valence-electron chi connectivity index (χ2n) is 5.34. The number of ketones is 1. The normalized spacial score (nSPS) is 15.7. The number of Topliss-reactive ketones (excluding diaryl/α,β-unsaturated/α-hetero) is 1. The van der Waals surface area contributed by atoms with Gasteiger partial charge in [-0.05, 0) is 19.1 Å². The van der Waals surface area contributed by atoms with Crippen molar-refractivity contribution in [3.63, 3.8) is 0 Å². The third-order valence-electron chi connectivity index (χ3n) is 3.67. The van der Waals surface area contributed by atoms with Crippen molar-refractivity contribution in [2.24, 2.45) is 0 Å². The lowest BCUT2D eigenvalue weighted by atomic mass is 10.2. The molecule has 1 aromatic carbocycles. The maximum absolute atomic E-state index is 12.5. The molecule has 1 fully saturated rings. The van der Waals surface area contributed by atoms with E-state index in [4.69, 9.17) is 4.74 Å². The van der Waals surface area contributed by atoms with Crippen LogP contribution in [0, 0.1) is 0 Å². The van der Waals surface area contributed by atoms with E-state index in [1.807, 2.05) is 0 Å². The molecule has 1 saturated heterocycles. The Bertz CT molecular complexity index is 696. The number of hydrogen-bond acceptors (Lipinski definition) is 5. The molecule has 126 valence electrons. The van der Waals surface area contributed by atoms with Gasteiger partial charge >= 0.3 is 0 Å². The van der Waals surface area contributed by atoms with Gasteiger partial charge in [0.05, 0.1) is 24.7 Å². The summed E-state index contributed by atoms with van der Waals surface area (Å²) in [5.74, 6) is -0.476. The minimum Gasteiger partial charge on any atom is -0.378 e. The van der Waals surface area contributed by atoms with Crippen LogP contribution in [0.2, 0.25) is 0 Å². The van der Waals surface area contributed by atoms with Gasteiger partial charge in [0.2, 0.25) is 15.9 Å². The zero-order valence-corrected chi connectivity index (χ0v) is 14.0. The van der Waals surface area contributed by atoms with Crippen LogP contribution in [0.3, 0.4) is 0 Å². The first-order valence-corrected chi connectivity index (χ1v) is 8.69. The Labute approximate surface area is 135 Å². The highest BCUT2D eigenvalue weighted by Gasteiger charge is 2.26. The van der Waals surface area contributed by atoms with Gasteiger partial charge in [0.15, 0.2) is 5.78 Å². The number of benzene rings is 1. The number of carbonyl (C=O) groups excluding carboxylic acids is 2. The van der Waals surface area contributed by atoms with Gasteiger partial charge in [0.25, 0.3) is 0 Å². The van der Waals surface area contributed by atoms with Gasteiger partial charge in [-0.3, -0.25) is 9.59 Å². The number of carbonyl (C=O) groups is 2. The largest absolute Gasteiger partial charge is 0.378 e. The summed E-state index contributed by atoms with van der Waals surface area (Å²) in [6.45, 7) is 2.98. The highest BCUT2D eigenvalue weighted by molar-refractivity contribution is 7.89. The quantitative estimate of drug-likeness (QED) is 0.723. The second-order valence-corrected chi connectivity index (χ2v) is 7.38. The molecule has 8 heteroatoms. The summed E-state index contributed by atoms with van der Waals surface area (Å²) in [5, 5.41) is 0. The minimum absolute atomic E-state index is 0.00229. The van der Waals surface area contributed by atoms with Crippen LogP contribution in [0.5, 0.6) is 0 Å². The number of morpholine rings is 1. The van der Waals surface area contributed by atoms with Crippen molar-refractivity contribution in [2.75, 3.05) is 39.9 Å². The molecule has 7 nitrogen and oxygen atoms in total. The molecule has 0 N–H and O–H groups in total. The Balaban J connectivity index is 2.13. The van der Waals surface area contributed by atoms with Crippen LogP contribution in [0.1, 0.15) is 17.3 Å². The van der Waals surface area contributed by atoms with Gasteiger partial charge in [-0.1, -0.05) is 12.1 Å². The summed E-state index contributed by atoms with van der Waals surface area (Å²) < 4.78 is 31.3. The van der Waals surface area contributed by atoms with Gasteiger partial charge in [0, 0.05) is 25.7 Å². The molecule has 1 aliphatic heterocycles. The van der Waals surface area contributed by atoms with Crippen molar-refractivity contribution in [3.8, 4) is 0 Å². The van der Waals surface area contributed by atoms with Crippen molar-refractivity contribution in [3.05, 3.63) is 29.8 Å². The summed E-state index contributed by atoms with van der Waals surface area (Å²) in [4.78, 5) is 25.2. The average Bonchev–Trinajstić information content (AvgIpc) is 2.55. The van der Waals surface area contributed by atoms with E-state index in [1.54, 1.807) is 11.0 Å². The average molecular weight is 340 g/mol. The van der Waals surface area contributed by atoms with E-state index in [9.17, 15) is 18.0 Å². The Kier molecular flexibility index (Phi) is 5.51. The number of nitrogens with zero attached hydrogens (tertiary/aromatic N) is 2. The van der Waals surface area contributed by atoms with Crippen LogP contribution in [0.4, 0.5) is 0 Å². The smallest absolute Gasteiger partial charge is 0.243 e. The van der Waals surface area contributed by atoms with Gasteiger partial charge in [-0.2, -0.15) is 4.31 Å². The van der Waals surface area contributed by atoms with Crippen molar-refractivity contribution >= 4 is 21.7 Å². The van der Waals surface area contributed by atoms with E-state index in [2.05, 4.69) is 0 Å². The number of likely N-dealkylation sites (N-methyl/N-ethyl adjacent to an activating group) is 1. The highest BCUT2D eigenvalue weighted by atomic mass is 32.2. The van der Waals surface area contributed by atoms with Crippen LogP contribution in [-0.2, 0) is 19.6 Å². The predicted octanol–water partition coefficient (Wildman–Crippen LogP) is 0.369. The molecule has 23 heavy (non-hydrogen) atoms. The van der Waals surface area contributed by atoms with Crippen LogP contribution in [-0.4, -0.2) is 69.2 Å². The molecular formula is C15H20N2O5S. The third-order valence-corrected chi connectivity index (χ3v) is 5.47. The number of rotatable bonds is 5. The van der Waals surface area contributed by atoms with E-state index >= 15 is 0 Å². The van der Waals surface area contributed by atoms with Crippen LogP contribution in [0.25, 0.3) is 0 Å². The first-order chi connectivity index (χ1) is 10.8. The Hall–Kier alpha value is -1.77. The van der Waals surface area contributed by atoms with E-state index in [1.165, 1.54) is 32.2 Å². The maximum Gasteiger partial charge on any atom is 0.243 e. The third kappa shape index (κ3) is 4.15. The lowest BCUT2D eigenvalue weighted by Gasteiger charge is -2.28. The lowest BCUT2D eigenvalue weighted by Crippen LogP contribution is -2.46. The molecule has 0 spiro atoms. The SMILES string of the molecule is CC(=O)c1cccc(S(=O)(=O)N(C)CC(=O)N2CCOCC2)c1. The molecule has 0 bridgehead atoms. The number of hydrogen-bond donors (Lipinski definition) is 0. The molecule has 0 atom stereocenters. The monoisotopic (exact) mass is 340 g/mol.